The molecule has 1 aliphatic heterocycles. The Morgan fingerprint density at radius 1 is 1.35 bits per heavy atom. The quantitative estimate of drug-likeness (QED) is 0.394. The molecule has 0 spiro atoms. The molecule has 1 saturated heterocycles. The number of nitrogens with zero attached hydrogens (tertiary/aromatic N) is 4. The van der Waals surface area contributed by atoms with Gasteiger partial charge in [0.25, 0.3) is 0 Å². The molecule has 6 nitrogen and oxygen atoms in total. The number of amides is 1. The van der Waals surface area contributed by atoms with Gasteiger partial charge in [0.1, 0.15) is 5.01 Å². The van der Waals surface area contributed by atoms with Crippen LogP contribution in [0.15, 0.2) is 40.8 Å². The van der Waals surface area contributed by atoms with Gasteiger partial charge in [-0.3, -0.25) is 9.79 Å². The van der Waals surface area contributed by atoms with E-state index in [1.807, 2.05) is 39.4 Å². The number of carbonyl (C=O) groups excluding carboxylic acids is 1. The summed E-state index contributed by atoms with van der Waals surface area (Å²) in [6.07, 6.45) is 1.78. The molecule has 2 heterocycles. The average Bonchev–Trinajstić information content (AvgIpc) is 3.13. The first-order chi connectivity index (χ1) is 12.2. The smallest absolute Gasteiger partial charge is 0.242 e. The molecule has 1 aromatic carbocycles. The summed E-state index contributed by atoms with van der Waals surface area (Å²) in [5.74, 6) is 0.827. The zero-order chi connectivity index (χ0) is 17.6. The van der Waals surface area contributed by atoms with E-state index in [1.54, 1.807) is 24.6 Å². The highest BCUT2D eigenvalue weighted by Crippen LogP contribution is 2.14. The molecule has 1 fully saturated rings. The summed E-state index contributed by atoms with van der Waals surface area (Å²) in [4.78, 5) is 24.9. The maximum Gasteiger partial charge on any atom is 0.242 e. The molecule has 0 bridgehead atoms. The minimum absolute atomic E-state index is 0. The SMILES string of the molecule is CN=C(NCc1nccs1)N1CCN(Cc2ccc(Cl)cc2)C(=O)C1.I. The maximum absolute atomic E-state index is 12.5. The average molecular weight is 506 g/mol. The van der Waals surface area contributed by atoms with E-state index in [4.69, 9.17) is 11.6 Å². The van der Waals surface area contributed by atoms with Crippen LogP contribution in [0.4, 0.5) is 0 Å². The van der Waals surface area contributed by atoms with Crippen molar-refractivity contribution in [2.45, 2.75) is 13.1 Å². The van der Waals surface area contributed by atoms with Gasteiger partial charge >= 0.3 is 0 Å². The Morgan fingerprint density at radius 2 is 2.12 bits per heavy atom. The van der Waals surface area contributed by atoms with E-state index in [-0.39, 0.29) is 29.9 Å². The van der Waals surface area contributed by atoms with Gasteiger partial charge in [-0.1, -0.05) is 23.7 Å². The van der Waals surface area contributed by atoms with E-state index in [9.17, 15) is 4.79 Å². The van der Waals surface area contributed by atoms with Gasteiger partial charge < -0.3 is 15.1 Å². The third-order valence-electron chi connectivity index (χ3n) is 4.00. The van der Waals surface area contributed by atoms with Crippen molar-refractivity contribution in [1.29, 1.82) is 0 Å². The molecule has 9 heteroatoms. The normalized spacial score (nSPS) is 15.0. The summed E-state index contributed by atoms with van der Waals surface area (Å²) < 4.78 is 0. The molecular formula is C17H21ClIN5OS. The van der Waals surface area contributed by atoms with Crippen LogP contribution in [0.5, 0.6) is 0 Å². The highest BCUT2D eigenvalue weighted by Gasteiger charge is 2.25. The Labute approximate surface area is 179 Å². The van der Waals surface area contributed by atoms with Crippen LogP contribution in [0.1, 0.15) is 10.6 Å². The topological polar surface area (TPSA) is 60.8 Å². The summed E-state index contributed by atoms with van der Waals surface area (Å²) in [5.41, 5.74) is 1.08. The molecule has 1 amide bonds. The molecule has 0 saturated carbocycles. The third kappa shape index (κ3) is 5.55. The summed E-state index contributed by atoms with van der Waals surface area (Å²) in [6, 6.07) is 7.61. The lowest BCUT2D eigenvalue weighted by Crippen LogP contribution is -2.54. The number of piperazine rings is 1. The van der Waals surface area contributed by atoms with Crippen molar-refractivity contribution in [3.63, 3.8) is 0 Å². The fraction of sp³-hybridized carbons (Fsp3) is 0.353. The summed E-state index contributed by atoms with van der Waals surface area (Å²) in [7, 11) is 1.73. The van der Waals surface area contributed by atoms with Crippen molar-refractivity contribution in [1.82, 2.24) is 20.1 Å². The third-order valence-corrected chi connectivity index (χ3v) is 5.03. The molecule has 1 N–H and O–H groups in total. The molecule has 1 aliphatic rings. The monoisotopic (exact) mass is 505 g/mol. The first-order valence-electron chi connectivity index (χ1n) is 8.02. The van der Waals surface area contributed by atoms with Crippen molar-refractivity contribution >= 4 is 58.8 Å². The van der Waals surface area contributed by atoms with Crippen LogP contribution < -0.4 is 5.32 Å². The predicted octanol–water partition coefficient (Wildman–Crippen LogP) is 2.83. The number of hydrogen-bond acceptors (Lipinski definition) is 4. The van der Waals surface area contributed by atoms with Gasteiger partial charge in [-0.15, -0.1) is 35.3 Å². The van der Waals surface area contributed by atoms with E-state index < -0.39 is 0 Å². The van der Waals surface area contributed by atoms with Gasteiger partial charge in [0.15, 0.2) is 5.96 Å². The highest BCUT2D eigenvalue weighted by atomic mass is 127. The van der Waals surface area contributed by atoms with Crippen LogP contribution >= 0.6 is 46.9 Å². The van der Waals surface area contributed by atoms with Crippen LogP contribution in [0.25, 0.3) is 0 Å². The predicted molar refractivity (Wildman–Crippen MR) is 116 cm³/mol. The van der Waals surface area contributed by atoms with Gasteiger partial charge in [-0.05, 0) is 17.7 Å². The van der Waals surface area contributed by atoms with Gasteiger partial charge in [0.2, 0.25) is 5.91 Å². The van der Waals surface area contributed by atoms with Crippen molar-refractivity contribution in [3.05, 3.63) is 51.4 Å². The van der Waals surface area contributed by atoms with Gasteiger partial charge in [-0.2, -0.15) is 0 Å². The van der Waals surface area contributed by atoms with E-state index in [2.05, 4.69) is 15.3 Å². The molecule has 0 unspecified atom stereocenters. The van der Waals surface area contributed by atoms with Crippen molar-refractivity contribution in [2.75, 3.05) is 26.7 Å². The molecule has 0 radical (unpaired) electrons. The van der Waals surface area contributed by atoms with E-state index in [1.165, 1.54) is 0 Å². The Morgan fingerprint density at radius 3 is 2.73 bits per heavy atom. The lowest BCUT2D eigenvalue weighted by molar-refractivity contribution is -0.135. The number of hydrogen-bond donors (Lipinski definition) is 1. The molecule has 0 aliphatic carbocycles. The number of halogens is 2. The number of thiazole rings is 1. The number of aliphatic imine (C=N–C) groups is 1. The van der Waals surface area contributed by atoms with Gasteiger partial charge in [-0.25, -0.2) is 4.98 Å². The summed E-state index contributed by atoms with van der Waals surface area (Å²) in [6.45, 7) is 2.96. The zero-order valence-corrected chi connectivity index (χ0v) is 18.3. The van der Waals surface area contributed by atoms with Crippen molar-refractivity contribution in [2.24, 2.45) is 4.99 Å². The fourth-order valence-electron chi connectivity index (χ4n) is 2.69. The molecule has 1 aromatic heterocycles. The first-order valence-corrected chi connectivity index (χ1v) is 9.27. The van der Waals surface area contributed by atoms with Crippen molar-refractivity contribution < 1.29 is 4.79 Å². The van der Waals surface area contributed by atoms with Gasteiger partial charge in [0.05, 0.1) is 13.1 Å². The lowest BCUT2D eigenvalue weighted by Gasteiger charge is -2.36. The van der Waals surface area contributed by atoms with Crippen LogP contribution in [-0.2, 0) is 17.9 Å². The second kappa shape index (κ2) is 10.1. The largest absolute Gasteiger partial charge is 0.350 e. The zero-order valence-electron chi connectivity index (χ0n) is 14.4. The Kier molecular flexibility index (Phi) is 8.11. The molecule has 0 atom stereocenters. The van der Waals surface area contributed by atoms with Gasteiger partial charge in [0, 0.05) is 43.3 Å². The number of nitrogens with one attached hydrogen (secondary N) is 1. The number of benzene rings is 1. The Bertz CT molecular complexity index is 738. The second-order valence-corrected chi connectivity index (χ2v) is 7.11. The summed E-state index contributed by atoms with van der Waals surface area (Å²) in [5, 5.41) is 6.91. The number of carbonyl (C=O) groups is 1. The first kappa shape index (κ1) is 20.9. The van der Waals surface area contributed by atoms with E-state index in [0.29, 0.717) is 31.2 Å². The van der Waals surface area contributed by atoms with E-state index in [0.717, 1.165) is 23.1 Å². The lowest BCUT2D eigenvalue weighted by atomic mass is 10.2. The van der Waals surface area contributed by atoms with Crippen LogP contribution in [-0.4, -0.2) is 53.3 Å². The van der Waals surface area contributed by atoms with Crippen LogP contribution in [0.2, 0.25) is 5.02 Å². The minimum atomic E-state index is 0. The fourth-order valence-corrected chi connectivity index (χ4v) is 3.38. The van der Waals surface area contributed by atoms with Crippen molar-refractivity contribution in [3.8, 4) is 0 Å². The molecule has 26 heavy (non-hydrogen) atoms. The maximum atomic E-state index is 12.5. The number of rotatable bonds is 4. The minimum Gasteiger partial charge on any atom is -0.350 e. The van der Waals surface area contributed by atoms with E-state index >= 15 is 0 Å². The highest BCUT2D eigenvalue weighted by molar-refractivity contribution is 14.0. The number of aromatic nitrogens is 1. The second-order valence-electron chi connectivity index (χ2n) is 5.69. The molecule has 140 valence electrons. The summed E-state index contributed by atoms with van der Waals surface area (Å²) >= 11 is 7.50. The molecule has 3 rings (SSSR count). The Hall–Kier alpha value is -1.39. The Balaban J connectivity index is 0.00000243. The molecule has 2 aromatic rings. The standard InChI is InChI=1S/C17H20ClN5OS.HI/c1-19-17(21-10-15-20-6-9-25-15)23-8-7-22(16(24)12-23)11-13-2-4-14(18)5-3-13;/h2-6,9H,7-8,10-12H2,1H3,(H,19,21);1H. The number of guanidine groups is 1. The molecular weight excluding hydrogens is 485 g/mol. The van der Waals surface area contributed by atoms with Crippen LogP contribution in [0, 0.1) is 0 Å². The van der Waals surface area contributed by atoms with Crippen LogP contribution in [0.3, 0.4) is 0 Å².